The lowest BCUT2D eigenvalue weighted by molar-refractivity contribution is 0.169. The lowest BCUT2D eigenvalue weighted by Gasteiger charge is -2.14. The summed E-state index contributed by atoms with van der Waals surface area (Å²) in [5, 5.41) is 10.5. The molecule has 1 aromatic heterocycles. The number of nitrogens with zero attached hydrogens (tertiary/aromatic N) is 2. The van der Waals surface area contributed by atoms with Gasteiger partial charge in [0.2, 0.25) is 0 Å². The van der Waals surface area contributed by atoms with Crippen molar-refractivity contribution in [2.45, 2.75) is 26.0 Å². The van der Waals surface area contributed by atoms with E-state index in [1.54, 1.807) is 12.5 Å². The van der Waals surface area contributed by atoms with Crippen molar-refractivity contribution in [1.29, 1.82) is 0 Å². The lowest BCUT2D eigenvalue weighted by Crippen LogP contribution is -2.10. The number of rotatable bonds is 5. The summed E-state index contributed by atoms with van der Waals surface area (Å²) in [6.07, 6.45) is 3.58. The first-order valence-electron chi connectivity index (χ1n) is 7.50. The van der Waals surface area contributed by atoms with Crippen LogP contribution in [-0.2, 0) is 13.0 Å². The maximum Gasteiger partial charge on any atom is 0.0996 e. The van der Waals surface area contributed by atoms with Crippen molar-refractivity contribution in [3.05, 3.63) is 89.5 Å². The first kappa shape index (κ1) is 14.5. The molecule has 0 saturated heterocycles. The fraction of sp³-hybridized carbons (Fsp3) is 0.211. The van der Waals surface area contributed by atoms with Crippen LogP contribution in [0.3, 0.4) is 0 Å². The molecule has 0 bridgehead atoms. The molecule has 0 radical (unpaired) electrons. The fourth-order valence-corrected chi connectivity index (χ4v) is 2.57. The normalized spacial score (nSPS) is 12.3. The van der Waals surface area contributed by atoms with E-state index in [4.69, 9.17) is 0 Å². The van der Waals surface area contributed by atoms with Gasteiger partial charge < -0.3 is 9.67 Å². The van der Waals surface area contributed by atoms with Crippen molar-refractivity contribution in [1.82, 2.24) is 9.55 Å². The molecule has 1 heterocycles. The Labute approximate surface area is 130 Å². The summed E-state index contributed by atoms with van der Waals surface area (Å²) in [5.74, 6) is 0. The largest absolute Gasteiger partial charge is 0.386 e. The van der Waals surface area contributed by atoms with Gasteiger partial charge >= 0.3 is 0 Å². The number of hydrogen-bond acceptors (Lipinski definition) is 2. The number of aromatic nitrogens is 2. The van der Waals surface area contributed by atoms with Crippen LogP contribution in [0.4, 0.5) is 0 Å². The van der Waals surface area contributed by atoms with Gasteiger partial charge in [-0.15, -0.1) is 0 Å². The molecule has 0 spiro atoms. The van der Waals surface area contributed by atoms with E-state index in [-0.39, 0.29) is 0 Å². The smallest absolute Gasteiger partial charge is 0.0996 e. The van der Waals surface area contributed by atoms with E-state index in [9.17, 15) is 5.11 Å². The number of aryl methyl sites for hydroxylation is 1. The minimum atomic E-state index is -0.546. The van der Waals surface area contributed by atoms with Gasteiger partial charge in [-0.3, -0.25) is 0 Å². The lowest BCUT2D eigenvalue weighted by atomic mass is 10.1. The summed E-state index contributed by atoms with van der Waals surface area (Å²) < 4.78 is 2.01. The van der Waals surface area contributed by atoms with E-state index in [1.807, 2.05) is 34.9 Å². The molecule has 0 aliphatic rings. The molecule has 2 aromatic carbocycles. The predicted octanol–water partition coefficient (Wildman–Crippen LogP) is 3.52. The van der Waals surface area contributed by atoms with Crippen molar-refractivity contribution in [2.75, 3.05) is 0 Å². The first-order valence-corrected chi connectivity index (χ1v) is 7.50. The molecule has 0 saturated carbocycles. The maximum atomic E-state index is 10.5. The molecule has 22 heavy (non-hydrogen) atoms. The van der Waals surface area contributed by atoms with Crippen molar-refractivity contribution < 1.29 is 5.11 Å². The first-order chi connectivity index (χ1) is 10.7. The Morgan fingerprint density at radius 1 is 1.00 bits per heavy atom. The maximum absolute atomic E-state index is 10.5. The molecular formula is C19H20N2O. The summed E-state index contributed by atoms with van der Waals surface area (Å²) in [4.78, 5) is 4.20. The SMILES string of the molecule is Cc1ccc(Cn2cncc2C(O)Cc2ccccc2)cc1. The second-order valence-corrected chi connectivity index (χ2v) is 5.64. The van der Waals surface area contributed by atoms with Crippen molar-refractivity contribution in [3.8, 4) is 0 Å². The molecule has 3 nitrogen and oxygen atoms in total. The fourth-order valence-electron chi connectivity index (χ4n) is 2.57. The number of benzene rings is 2. The zero-order valence-electron chi connectivity index (χ0n) is 12.7. The third kappa shape index (κ3) is 3.43. The summed E-state index contributed by atoms with van der Waals surface area (Å²) in [6, 6.07) is 18.5. The monoisotopic (exact) mass is 292 g/mol. The summed E-state index contributed by atoms with van der Waals surface area (Å²) in [7, 11) is 0. The third-order valence-electron chi connectivity index (χ3n) is 3.83. The van der Waals surface area contributed by atoms with Crippen molar-refractivity contribution >= 4 is 0 Å². The molecule has 3 rings (SSSR count). The average molecular weight is 292 g/mol. The van der Waals surface area contributed by atoms with Gasteiger partial charge in [-0.1, -0.05) is 60.2 Å². The van der Waals surface area contributed by atoms with E-state index in [1.165, 1.54) is 11.1 Å². The third-order valence-corrected chi connectivity index (χ3v) is 3.83. The second kappa shape index (κ2) is 6.58. The van der Waals surface area contributed by atoms with Gasteiger partial charge in [0.25, 0.3) is 0 Å². The van der Waals surface area contributed by atoms with E-state index < -0.39 is 6.10 Å². The summed E-state index contributed by atoms with van der Waals surface area (Å²) in [5.41, 5.74) is 4.43. The Hall–Kier alpha value is -2.39. The van der Waals surface area contributed by atoms with Gasteiger partial charge in [-0.2, -0.15) is 0 Å². The molecule has 0 aliphatic carbocycles. The highest BCUT2D eigenvalue weighted by molar-refractivity contribution is 5.23. The highest BCUT2D eigenvalue weighted by Gasteiger charge is 2.13. The standard InChI is InChI=1S/C19H20N2O/c1-15-7-9-17(10-8-15)13-21-14-20-12-18(21)19(22)11-16-5-3-2-4-6-16/h2-10,12,14,19,22H,11,13H2,1H3. The Morgan fingerprint density at radius 2 is 1.73 bits per heavy atom. The average Bonchev–Trinajstić information content (AvgIpc) is 2.99. The van der Waals surface area contributed by atoms with Gasteiger partial charge in [0, 0.05) is 13.0 Å². The minimum absolute atomic E-state index is 0.546. The molecule has 112 valence electrons. The zero-order chi connectivity index (χ0) is 15.4. The molecule has 3 aromatic rings. The highest BCUT2D eigenvalue weighted by Crippen LogP contribution is 2.19. The quantitative estimate of drug-likeness (QED) is 0.781. The molecule has 1 unspecified atom stereocenters. The van der Waals surface area contributed by atoms with Crippen LogP contribution in [0, 0.1) is 6.92 Å². The molecule has 1 N–H and O–H groups in total. The molecule has 0 amide bonds. The van der Waals surface area contributed by atoms with Gasteiger partial charge in [0.15, 0.2) is 0 Å². The van der Waals surface area contributed by atoms with Crippen LogP contribution in [0.15, 0.2) is 67.1 Å². The van der Waals surface area contributed by atoms with Crippen LogP contribution < -0.4 is 0 Å². The predicted molar refractivity (Wildman–Crippen MR) is 87.6 cm³/mol. The van der Waals surface area contributed by atoms with Gasteiger partial charge in [-0.25, -0.2) is 4.98 Å². The Morgan fingerprint density at radius 3 is 2.45 bits per heavy atom. The second-order valence-electron chi connectivity index (χ2n) is 5.64. The number of imidazole rings is 1. The van der Waals surface area contributed by atoms with Crippen molar-refractivity contribution in [3.63, 3.8) is 0 Å². The Balaban J connectivity index is 1.75. The van der Waals surface area contributed by atoms with Crippen LogP contribution in [0.2, 0.25) is 0 Å². The van der Waals surface area contributed by atoms with E-state index in [2.05, 4.69) is 36.2 Å². The summed E-state index contributed by atoms with van der Waals surface area (Å²) in [6.45, 7) is 2.80. The minimum Gasteiger partial charge on any atom is -0.386 e. The van der Waals surface area contributed by atoms with Gasteiger partial charge in [0.1, 0.15) is 0 Å². The van der Waals surface area contributed by atoms with Crippen LogP contribution in [0.25, 0.3) is 0 Å². The van der Waals surface area contributed by atoms with E-state index in [0.717, 1.165) is 17.8 Å². The molecule has 0 aliphatic heterocycles. The Bertz CT molecular complexity index is 717. The topological polar surface area (TPSA) is 38.0 Å². The highest BCUT2D eigenvalue weighted by atomic mass is 16.3. The number of aliphatic hydroxyl groups excluding tert-OH is 1. The van der Waals surface area contributed by atoms with E-state index >= 15 is 0 Å². The van der Waals surface area contributed by atoms with Crippen LogP contribution in [-0.4, -0.2) is 14.7 Å². The van der Waals surface area contributed by atoms with E-state index in [0.29, 0.717) is 6.42 Å². The molecule has 3 heteroatoms. The van der Waals surface area contributed by atoms with Gasteiger partial charge in [0.05, 0.1) is 24.3 Å². The Kier molecular flexibility index (Phi) is 4.35. The molecular weight excluding hydrogens is 272 g/mol. The molecule has 0 fully saturated rings. The van der Waals surface area contributed by atoms with Crippen molar-refractivity contribution in [2.24, 2.45) is 0 Å². The summed E-state index contributed by atoms with van der Waals surface area (Å²) >= 11 is 0. The van der Waals surface area contributed by atoms with Crippen LogP contribution in [0.5, 0.6) is 0 Å². The zero-order valence-corrected chi connectivity index (χ0v) is 12.7. The van der Waals surface area contributed by atoms with Crippen LogP contribution >= 0.6 is 0 Å². The van der Waals surface area contributed by atoms with Crippen LogP contribution in [0.1, 0.15) is 28.5 Å². The molecule has 1 atom stereocenters. The van der Waals surface area contributed by atoms with Gasteiger partial charge in [-0.05, 0) is 18.1 Å². The number of aliphatic hydroxyl groups is 1. The number of hydrogen-bond donors (Lipinski definition) is 1.